The van der Waals surface area contributed by atoms with Crippen LogP contribution in [-0.2, 0) is 0 Å². The maximum Gasteiger partial charge on any atom is 0.224 e. The molecule has 2 unspecified atom stereocenters. The van der Waals surface area contributed by atoms with Crippen LogP contribution in [0.5, 0.6) is 5.88 Å². The molecular formula is C25H37NO2S. The minimum atomic E-state index is -0.107. The van der Waals surface area contributed by atoms with Crippen molar-refractivity contribution in [3.63, 3.8) is 0 Å². The van der Waals surface area contributed by atoms with Gasteiger partial charge in [0.05, 0.1) is 18.1 Å². The molecule has 4 aliphatic carbocycles. The number of aliphatic hydroxyl groups excluding tert-OH is 1. The van der Waals surface area contributed by atoms with E-state index in [1.165, 1.54) is 43.5 Å². The summed E-state index contributed by atoms with van der Waals surface area (Å²) in [5, 5.41) is 13.7. The molecule has 0 radical (unpaired) electrons. The molecule has 0 aromatic carbocycles. The molecule has 0 aliphatic heterocycles. The predicted octanol–water partition coefficient (Wildman–Crippen LogP) is 6.34. The maximum atomic E-state index is 10.2. The van der Waals surface area contributed by atoms with Crippen LogP contribution in [-0.4, -0.2) is 22.8 Å². The highest BCUT2D eigenvalue weighted by molar-refractivity contribution is 7.09. The normalized spacial score (nSPS) is 43.9. The molecule has 3 nitrogen and oxygen atoms in total. The van der Waals surface area contributed by atoms with Gasteiger partial charge in [-0.3, -0.25) is 0 Å². The smallest absolute Gasteiger partial charge is 0.224 e. The second-order valence-electron chi connectivity index (χ2n) is 10.7. The second-order valence-corrected chi connectivity index (χ2v) is 11.6. The van der Waals surface area contributed by atoms with Crippen molar-refractivity contribution in [2.75, 3.05) is 6.61 Å². The SMILES string of the molecule is CCCOc1csc([C@H]2CCC3[C@@H]4CC=C5C[C@@H](O)CC[C@]5(C)C4CC[C@@]32C)n1. The van der Waals surface area contributed by atoms with E-state index in [1.807, 2.05) is 11.3 Å². The van der Waals surface area contributed by atoms with Gasteiger partial charge in [0.2, 0.25) is 5.88 Å². The van der Waals surface area contributed by atoms with Gasteiger partial charge in [0.25, 0.3) is 0 Å². The molecule has 4 aliphatic rings. The second kappa shape index (κ2) is 7.37. The Balaban J connectivity index is 1.39. The van der Waals surface area contributed by atoms with E-state index in [1.54, 1.807) is 5.57 Å². The Morgan fingerprint density at radius 2 is 2.03 bits per heavy atom. The first-order valence-electron chi connectivity index (χ1n) is 11.9. The quantitative estimate of drug-likeness (QED) is 0.584. The van der Waals surface area contributed by atoms with Gasteiger partial charge < -0.3 is 9.84 Å². The van der Waals surface area contributed by atoms with Crippen molar-refractivity contribution in [2.24, 2.45) is 28.6 Å². The summed E-state index contributed by atoms with van der Waals surface area (Å²) < 4.78 is 5.80. The van der Waals surface area contributed by atoms with E-state index in [0.717, 1.165) is 49.5 Å². The first-order chi connectivity index (χ1) is 14.0. The molecule has 160 valence electrons. The maximum absolute atomic E-state index is 10.2. The minimum absolute atomic E-state index is 0.107. The Morgan fingerprint density at radius 3 is 2.86 bits per heavy atom. The average molecular weight is 416 g/mol. The van der Waals surface area contributed by atoms with Crippen molar-refractivity contribution < 1.29 is 9.84 Å². The third-order valence-electron chi connectivity index (χ3n) is 9.33. The number of fused-ring (bicyclic) bond motifs is 5. The Bertz CT molecular complexity index is 788. The van der Waals surface area contributed by atoms with E-state index < -0.39 is 0 Å². The Hall–Kier alpha value is -0.870. The first kappa shape index (κ1) is 20.1. The molecule has 29 heavy (non-hydrogen) atoms. The molecule has 3 fully saturated rings. The molecule has 1 aromatic rings. The van der Waals surface area contributed by atoms with Gasteiger partial charge in [-0.1, -0.05) is 32.4 Å². The number of aromatic nitrogens is 1. The standard InChI is InChI=1S/C25H37NO2S/c1-4-13-28-22-15-29-23(26-22)21-8-7-19-18-6-5-16-14-17(27)9-11-24(16,2)20(18)10-12-25(19,21)3/h5,15,17-21,27H,4,6-14H2,1-3H3/t17-,18-,19?,20?,21+,24-,25-/m0/s1. The summed E-state index contributed by atoms with van der Waals surface area (Å²) in [6.45, 7) is 8.01. The Labute approximate surface area is 180 Å². The highest BCUT2D eigenvalue weighted by atomic mass is 32.1. The highest BCUT2D eigenvalue weighted by Gasteiger charge is 2.59. The topological polar surface area (TPSA) is 42.4 Å². The van der Waals surface area contributed by atoms with E-state index in [-0.39, 0.29) is 6.10 Å². The van der Waals surface area contributed by atoms with E-state index >= 15 is 0 Å². The lowest BCUT2D eigenvalue weighted by atomic mass is 9.47. The molecule has 1 heterocycles. The summed E-state index contributed by atoms with van der Waals surface area (Å²) in [6, 6.07) is 0. The number of hydrogen-bond acceptors (Lipinski definition) is 4. The van der Waals surface area contributed by atoms with E-state index in [9.17, 15) is 5.11 Å². The zero-order valence-corrected chi connectivity index (χ0v) is 19.1. The fraction of sp³-hybridized carbons (Fsp3) is 0.800. The number of ether oxygens (including phenoxy) is 1. The number of aliphatic hydroxyl groups is 1. The van der Waals surface area contributed by atoms with Crippen LogP contribution in [0.1, 0.15) is 89.5 Å². The van der Waals surface area contributed by atoms with Gasteiger partial charge in [-0.05, 0) is 86.4 Å². The third kappa shape index (κ3) is 3.12. The van der Waals surface area contributed by atoms with E-state index in [4.69, 9.17) is 9.72 Å². The van der Waals surface area contributed by atoms with Crippen LogP contribution in [0.3, 0.4) is 0 Å². The number of thiazole rings is 1. The Kier molecular flexibility index (Phi) is 5.10. The minimum Gasteiger partial charge on any atom is -0.477 e. The van der Waals surface area contributed by atoms with Crippen molar-refractivity contribution in [1.29, 1.82) is 0 Å². The fourth-order valence-electron chi connectivity index (χ4n) is 7.75. The van der Waals surface area contributed by atoms with Gasteiger partial charge in [-0.15, -0.1) is 11.3 Å². The summed E-state index contributed by atoms with van der Waals surface area (Å²) in [7, 11) is 0. The summed E-state index contributed by atoms with van der Waals surface area (Å²) in [5.41, 5.74) is 2.30. The number of rotatable bonds is 4. The van der Waals surface area contributed by atoms with Gasteiger partial charge in [0, 0.05) is 5.92 Å². The van der Waals surface area contributed by atoms with E-state index in [0.29, 0.717) is 16.7 Å². The molecule has 0 saturated heterocycles. The molecule has 5 rings (SSSR count). The number of nitrogens with zero attached hydrogens (tertiary/aromatic N) is 1. The van der Waals surface area contributed by atoms with Crippen LogP contribution >= 0.6 is 11.3 Å². The van der Waals surface area contributed by atoms with Gasteiger partial charge in [0.15, 0.2) is 0 Å². The van der Waals surface area contributed by atoms with Gasteiger partial charge in [-0.2, -0.15) is 0 Å². The van der Waals surface area contributed by atoms with Gasteiger partial charge >= 0.3 is 0 Å². The van der Waals surface area contributed by atoms with Gasteiger partial charge in [0.1, 0.15) is 5.01 Å². The largest absolute Gasteiger partial charge is 0.477 e. The van der Waals surface area contributed by atoms with Crippen molar-refractivity contribution in [3.8, 4) is 5.88 Å². The van der Waals surface area contributed by atoms with Crippen LogP contribution < -0.4 is 4.74 Å². The van der Waals surface area contributed by atoms with Crippen LogP contribution in [0.15, 0.2) is 17.0 Å². The number of hydrogen-bond donors (Lipinski definition) is 1. The summed E-state index contributed by atoms with van der Waals surface area (Å²) in [5.74, 6) is 3.89. The lowest BCUT2D eigenvalue weighted by Gasteiger charge is -2.58. The van der Waals surface area contributed by atoms with Crippen LogP contribution in [0.4, 0.5) is 0 Å². The molecule has 1 aromatic heterocycles. The molecule has 0 spiro atoms. The zero-order valence-electron chi connectivity index (χ0n) is 18.3. The molecule has 4 heteroatoms. The summed E-state index contributed by atoms with van der Waals surface area (Å²) in [4.78, 5) is 4.91. The molecule has 1 N–H and O–H groups in total. The monoisotopic (exact) mass is 415 g/mol. The van der Waals surface area contributed by atoms with Crippen LogP contribution in [0.25, 0.3) is 0 Å². The van der Waals surface area contributed by atoms with E-state index in [2.05, 4.69) is 32.2 Å². The van der Waals surface area contributed by atoms with Crippen LogP contribution in [0, 0.1) is 28.6 Å². The fourth-order valence-corrected chi connectivity index (χ4v) is 8.79. The lowest BCUT2D eigenvalue weighted by molar-refractivity contribution is -0.0409. The molecule has 0 bridgehead atoms. The van der Waals surface area contributed by atoms with Crippen molar-refractivity contribution in [1.82, 2.24) is 4.98 Å². The zero-order chi connectivity index (χ0) is 20.2. The predicted molar refractivity (Wildman–Crippen MR) is 118 cm³/mol. The van der Waals surface area contributed by atoms with Gasteiger partial charge in [-0.25, -0.2) is 4.98 Å². The molecule has 0 amide bonds. The van der Waals surface area contributed by atoms with Crippen molar-refractivity contribution >= 4 is 11.3 Å². The highest BCUT2D eigenvalue weighted by Crippen LogP contribution is 2.68. The number of allylic oxidation sites excluding steroid dienone is 1. The Morgan fingerprint density at radius 1 is 1.17 bits per heavy atom. The molecule has 7 atom stereocenters. The average Bonchev–Trinajstić information content (AvgIpc) is 3.30. The third-order valence-corrected chi connectivity index (χ3v) is 10.3. The summed E-state index contributed by atoms with van der Waals surface area (Å²) in [6.07, 6.45) is 13.1. The van der Waals surface area contributed by atoms with Crippen molar-refractivity contribution in [3.05, 3.63) is 22.0 Å². The van der Waals surface area contributed by atoms with Crippen molar-refractivity contribution in [2.45, 2.75) is 90.6 Å². The van der Waals surface area contributed by atoms with Crippen LogP contribution in [0.2, 0.25) is 0 Å². The first-order valence-corrected chi connectivity index (χ1v) is 12.8. The molecule has 3 saturated carbocycles. The lowest BCUT2D eigenvalue weighted by Crippen LogP contribution is -2.50. The molecular weight excluding hydrogens is 378 g/mol. The summed E-state index contributed by atoms with van der Waals surface area (Å²) >= 11 is 1.82.